The topological polar surface area (TPSA) is 66.4 Å². The lowest BCUT2D eigenvalue weighted by Gasteiger charge is -2.05. The molecule has 0 radical (unpaired) electrons. The molecule has 1 aromatic rings. The molecule has 0 bridgehead atoms. The van der Waals surface area contributed by atoms with E-state index in [1.807, 2.05) is 25.1 Å². The van der Waals surface area contributed by atoms with Crippen molar-refractivity contribution < 1.29 is 14.7 Å². The minimum absolute atomic E-state index is 0.151. The first-order valence-electron chi connectivity index (χ1n) is 4.71. The smallest absolute Gasteiger partial charge is 0.304 e. The number of carboxylic acid groups (broad SMARTS) is 1. The van der Waals surface area contributed by atoms with Gasteiger partial charge in [-0.05, 0) is 18.6 Å². The lowest BCUT2D eigenvalue weighted by molar-refractivity contribution is -0.138. The molecule has 1 unspecified atom stereocenters. The number of rotatable bonds is 2. The maximum Gasteiger partial charge on any atom is 0.304 e. The van der Waals surface area contributed by atoms with Crippen molar-refractivity contribution in [3.05, 3.63) is 29.3 Å². The molecule has 1 aromatic carbocycles. The Kier molecular flexibility index (Phi) is 2.19. The van der Waals surface area contributed by atoms with E-state index in [2.05, 4.69) is 5.32 Å². The second kappa shape index (κ2) is 3.38. The average Bonchev–Trinajstić information content (AvgIpc) is 2.43. The Bertz CT molecular complexity index is 439. The van der Waals surface area contributed by atoms with Crippen molar-refractivity contribution in [3.63, 3.8) is 0 Å². The summed E-state index contributed by atoms with van der Waals surface area (Å²) in [7, 11) is 0. The van der Waals surface area contributed by atoms with E-state index in [9.17, 15) is 9.59 Å². The van der Waals surface area contributed by atoms with Gasteiger partial charge in [0, 0.05) is 5.69 Å². The minimum atomic E-state index is -0.954. The molecule has 4 nitrogen and oxygen atoms in total. The molecule has 0 saturated heterocycles. The lowest BCUT2D eigenvalue weighted by atomic mass is 9.96. The van der Waals surface area contributed by atoms with Crippen LogP contribution in [0.1, 0.15) is 23.5 Å². The number of carbonyl (C=O) groups is 2. The van der Waals surface area contributed by atoms with Gasteiger partial charge in [0.2, 0.25) is 5.91 Å². The predicted molar refractivity (Wildman–Crippen MR) is 54.8 cm³/mol. The van der Waals surface area contributed by atoms with Crippen LogP contribution in [0.4, 0.5) is 5.69 Å². The molecular weight excluding hydrogens is 194 g/mol. The van der Waals surface area contributed by atoms with Crippen LogP contribution in [0, 0.1) is 6.92 Å². The Hall–Kier alpha value is -1.84. The van der Waals surface area contributed by atoms with Crippen LogP contribution >= 0.6 is 0 Å². The van der Waals surface area contributed by atoms with Gasteiger partial charge in [0.25, 0.3) is 0 Å². The zero-order valence-electron chi connectivity index (χ0n) is 8.28. The highest BCUT2D eigenvalue weighted by Crippen LogP contribution is 2.35. The van der Waals surface area contributed by atoms with Crippen LogP contribution in [0.2, 0.25) is 0 Å². The first-order chi connectivity index (χ1) is 7.08. The van der Waals surface area contributed by atoms with Crippen molar-refractivity contribution in [2.75, 3.05) is 5.32 Å². The van der Waals surface area contributed by atoms with Gasteiger partial charge in [-0.3, -0.25) is 9.59 Å². The summed E-state index contributed by atoms with van der Waals surface area (Å²) < 4.78 is 0. The summed E-state index contributed by atoms with van der Waals surface area (Å²) in [6, 6.07) is 5.56. The van der Waals surface area contributed by atoms with Crippen LogP contribution in [-0.4, -0.2) is 17.0 Å². The summed E-state index contributed by atoms with van der Waals surface area (Å²) in [6.07, 6.45) is -0.151. The molecule has 15 heavy (non-hydrogen) atoms. The van der Waals surface area contributed by atoms with Crippen LogP contribution in [0.3, 0.4) is 0 Å². The summed E-state index contributed by atoms with van der Waals surface area (Å²) in [4.78, 5) is 22.1. The van der Waals surface area contributed by atoms with Crippen LogP contribution in [-0.2, 0) is 9.59 Å². The van der Waals surface area contributed by atoms with Gasteiger partial charge in [0.05, 0.1) is 12.3 Å². The quantitative estimate of drug-likeness (QED) is 0.769. The van der Waals surface area contributed by atoms with Crippen molar-refractivity contribution in [2.45, 2.75) is 19.3 Å². The van der Waals surface area contributed by atoms with Gasteiger partial charge in [-0.25, -0.2) is 0 Å². The van der Waals surface area contributed by atoms with E-state index in [0.717, 1.165) is 16.8 Å². The first-order valence-corrected chi connectivity index (χ1v) is 4.71. The summed E-state index contributed by atoms with van der Waals surface area (Å²) in [5.41, 5.74) is 2.56. The van der Waals surface area contributed by atoms with Gasteiger partial charge in [-0.2, -0.15) is 0 Å². The molecule has 0 saturated carbocycles. The number of carbonyl (C=O) groups excluding carboxylic acids is 1. The summed E-state index contributed by atoms with van der Waals surface area (Å²) >= 11 is 0. The molecule has 0 aromatic heterocycles. The third kappa shape index (κ3) is 1.70. The molecule has 0 spiro atoms. The number of aryl methyl sites for hydroxylation is 1. The number of hydrogen-bond acceptors (Lipinski definition) is 2. The molecule has 1 atom stereocenters. The fourth-order valence-corrected chi connectivity index (χ4v) is 1.82. The van der Waals surface area contributed by atoms with Gasteiger partial charge >= 0.3 is 5.97 Å². The van der Waals surface area contributed by atoms with Gasteiger partial charge in [-0.1, -0.05) is 17.7 Å². The normalized spacial score (nSPS) is 18.5. The standard InChI is InChI=1S/C11H11NO3/c1-6-2-3-9-7(4-6)8(5-10(13)14)11(15)12-9/h2-4,8H,5H2,1H3,(H,12,15)(H,13,14). The number of carboxylic acids is 1. The first kappa shape index (κ1) is 9.71. The fraction of sp³-hybridized carbons (Fsp3) is 0.273. The fourth-order valence-electron chi connectivity index (χ4n) is 1.82. The highest BCUT2D eigenvalue weighted by molar-refractivity contribution is 6.04. The minimum Gasteiger partial charge on any atom is -0.481 e. The highest BCUT2D eigenvalue weighted by Gasteiger charge is 2.32. The number of anilines is 1. The Balaban J connectivity index is 2.39. The molecular formula is C11H11NO3. The van der Waals surface area contributed by atoms with Crippen molar-refractivity contribution >= 4 is 17.6 Å². The third-order valence-corrected chi connectivity index (χ3v) is 2.54. The molecule has 1 heterocycles. The number of fused-ring (bicyclic) bond motifs is 1. The van der Waals surface area contributed by atoms with Gasteiger partial charge in [0.15, 0.2) is 0 Å². The second-order valence-corrected chi connectivity index (χ2v) is 3.73. The summed E-state index contributed by atoms with van der Waals surface area (Å²) in [5.74, 6) is -1.72. The van der Waals surface area contributed by atoms with Crippen LogP contribution in [0.5, 0.6) is 0 Å². The van der Waals surface area contributed by atoms with E-state index < -0.39 is 11.9 Å². The largest absolute Gasteiger partial charge is 0.481 e. The van der Waals surface area contributed by atoms with Crippen LogP contribution in [0.15, 0.2) is 18.2 Å². The Labute approximate surface area is 86.9 Å². The number of amides is 1. The maximum atomic E-state index is 11.5. The molecule has 1 aliphatic heterocycles. The average molecular weight is 205 g/mol. The molecule has 0 fully saturated rings. The van der Waals surface area contributed by atoms with E-state index in [0.29, 0.717) is 0 Å². The van der Waals surface area contributed by atoms with Gasteiger partial charge < -0.3 is 10.4 Å². The number of aliphatic carboxylic acids is 1. The Morgan fingerprint density at radius 1 is 1.53 bits per heavy atom. The van der Waals surface area contributed by atoms with Crippen molar-refractivity contribution in [3.8, 4) is 0 Å². The number of hydrogen-bond donors (Lipinski definition) is 2. The summed E-state index contributed by atoms with van der Waals surface area (Å²) in [6.45, 7) is 1.92. The van der Waals surface area contributed by atoms with Crippen LogP contribution < -0.4 is 5.32 Å². The monoisotopic (exact) mass is 205 g/mol. The molecule has 4 heteroatoms. The lowest BCUT2D eigenvalue weighted by Crippen LogP contribution is -2.15. The second-order valence-electron chi connectivity index (χ2n) is 3.73. The van der Waals surface area contributed by atoms with E-state index in [1.165, 1.54) is 0 Å². The number of nitrogens with one attached hydrogen (secondary N) is 1. The Morgan fingerprint density at radius 3 is 2.93 bits per heavy atom. The van der Waals surface area contributed by atoms with E-state index in [1.54, 1.807) is 0 Å². The van der Waals surface area contributed by atoms with Gasteiger partial charge in [0.1, 0.15) is 0 Å². The van der Waals surface area contributed by atoms with Crippen LogP contribution in [0.25, 0.3) is 0 Å². The molecule has 1 amide bonds. The summed E-state index contributed by atoms with van der Waals surface area (Å²) in [5, 5.41) is 11.4. The molecule has 0 aliphatic carbocycles. The van der Waals surface area contributed by atoms with Crippen molar-refractivity contribution in [2.24, 2.45) is 0 Å². The van der Waals surface area contributed by atoms with E-state index >= 15 is 0 Å². The maximum absolute atomic E-state index is 11.5. The van der Waals surface area contributed by atoms with E-state index in [4.69, 9.17) is 5.11 Å². The molecule has 1 aliphatic rings. The predicted octanol–water partition coefficient (Wildman–Crippen LogP) is 1.51. The molecule has 2 rings (SSSR count). The highest BCUT2D eigenvalue weighted by atomic mass is 16.4. The van der Waals surface area contributed by atoms with E-state index in [-0.39, 0.29) is 12.3 Å². The van der Waals surface area contributed by atoms with Crippen molar-refractivity contribution in [1.29, 1.82) is 0 Å². The SMILES string of the molecule is Cc1ccc2c(c1)C(CC(=O)O)C(=O)N2. The number of benzene rings is 1. The van der Waals surface area contributed by atoms with Gasteiger partial charge in [-0.15, -0.1) is 0 Å². The molecule has 2 N–H and O–H groups in total. The van der Waals surface area contributed by atoms with Crippen molar-refractivity contribution in [1.82, 2.24) is 0 Å². The zero-order chi connectivity index (χ0) is 11.0. The molecule has 78 valence electrons. The Morgan fingerprint density at radius 2 is 2.27 bits per heavy atom. The zero-order valence-corrected chi connectivity index (χ0v) is 8.28. The third-order valence-electron chi connectivity index (χ3n) is 2.54.